The average Bonchev–Trinajstić information content (AvgIpc) is 2.84. The van der Waals surface area contributed by atoms with Gasteiger partial charge in [-0.1, -0.05) is 77.9 Å². The summed E-state index contributed by atoms with van der Waals surface area (Å²) >= 11 is 1.67. The SMILES string of the molecule is CCNC(=O)[C@H](Cc1ccccc1)N(Cc1ccc(C)cc1)C(=O)CCSc1ccc(C)cc1. The van der Waals surface area contributed by atoms with Crippen molar-refractivity contribution in [1.29, 1.82) is 0 Å². The van der Waals surface area contributed by atoms with Crippen LogP contribution in [0.5, 0.6) is 0 Å². The van der Waals surface area contributed by atoms with E-state index in [1.807, 2.05) is 68.4 Å². The molecule has 0 spiro atoms. The Labute approximate surface area is 207 Å². The third-order valence-corrected chi connectivity index (χ3v) is 6.72. The maximum absolute atomic E-state index is 13.5. The van der Waals surface area contributed by atoms with Crippen molar-refractivity contribution in [3.05, 3.63) is 101 Å². The number of benzene rings is 3. The third kappa shape index (κ3) is 7.77. The van der Waals surface area contributed by atoms with Crippen molar-refractivity contribution in [3.8, 4) is 0 Å². The first kappa shape index (κ1) is 25.6. The molecule has 4 nitrogen and oxygen atoms in total. The largest absolute Gasteiger partial charge is 0.355 e. The number of hydrogen-bond acceptors (Lipinski definition) is 3. The molecule has 3 aromatic carbocycles. The maximum Gasteiger partial charge on any atom is 0.243 e. The summed E-state index contributed by atoms with van der Waals surface area (Å²) in [5, 5.41) is 2.95. The minimum Gasteiger partial charge on any atom is -0.355 e. The first-order valence-electron chi connectivity index (χ1n) is 11.8. The predicted octanol–water partition coefficient (Wildman–Crippen LogP) is 5.56. The number of carbonyl (C=O) groups is 2. The van der Waals surface area contributed by atoms with E-state index in [2.05, 4.69) is 36.5 Å². The third-order valence-electron chi connectivity index (χ3n) is 5.70. The topological polar surface area (TPSA) is 49.4 Å². The van der Waals surface area contributed by atoms with E-state index in [1.165, 1.54) is 11.1 Å². The van der Waals surface area contributed by atoms with Gasteiger partial charge in [-0.15, -0.1) is 11.8 Å². The fraction of sp³-hybridized carbons (Fsp3) is 0.310. The van der Waals surface area contributed by atoms with Crippen LogP contribution in [0.2, 0.25) is 0 Å². The van der Waals surface area contributed by atoms with E-state index in [0.29, 0.717) is 31.7 Å². The van der Waals surface area contributed by atoms with E-state index in [1.54, 1.807) is 16.7 Å². The predicted molar refractivity (Wildman–Crippen MR) is 141 cm³/mol. The molecule has 3 aromatic rings. The molecule has 0 aliphatic carbocycles. The van der Waals surface area contributed by atoms with Crippen LogP contribution < -0.4 is 5.32 Å². The van der Waals surface area contributed by atoms with Crippen molar-refractivity contribution in [2.75, 3.05) is 12.3 Å². The fourth-order valence-corrected chi connectivity index (χ4v) is 4.61. The number of aryl methyl sites for hydroxylation is 2. The molecule has 0 aliphatic heterocycles. The molecule has 2 amide bonds. The van der Waals surface area contributed by atoms with Gasteiger partial charge >= 0.3 is 0 Å². The number of carbonyl (C=O) groups excluding carboxylic acids is 2. The molecule has 34 heavy (non-hydrogen) atoms. The lowest BCUT2D eigenvalue weighted by molar-refractivity contribution is -0.140. The first-order chi connectivity index (χ1) is 16.5. The van der Waals surface area contributed by atoms with Gasteiger partial charge in [0.05, 0.1) is 0 Å². The van der Waals surface area contributed by atoms with Crippen LogP contribution >= 0.6 is 11.8 Å². The molecular weight excluding hydrogens is 440 g/mol. The van der Waals surface area contributed by atoms with Crippen LogP contribution in [0, 0.1) is 13.8 Å². The zero-order valence-corrected chi connectivity index (χ0v) is 21.1. The van der Waals surface area contributed by atoms with E-state index < -0.39 is 6.04 Å². The second-order valence-electron chi connectivity index (χ2n) is 8.52. The molecule has 178 valence electrons. The number of hydrogen-bond donors (Lipinski definition) is 1. The molecule has 1 atom stereocenters. The van der Waals surface area contributed by atoms with Gasteiger partial charge in [0.2, 0.25) is 11.8 Å². The van der Waals surface area contributed by atoms with Crippen molar-refractivity contribution in [1.82, 2.24) is 10.2 Å². The van der Waals surface area contributed by atoms with Gasteiger partial charge in [-0.25, -0.2) is 0 Å². The number of nitrogens with zero attached hydrogens (tertiary/aromatic N) is 1. The van der Waals surface area contributed by atoms with Crippen LogP contribution in [0.15, 0.2) is 83.8 Å². The van der Waals surface area contributed by atoms with Crippen LogP contribution in [0.25, 0.3) is 0 Å². The molecule has 0 unspecified atom stereocenters. The highest BCUT2D eigenvalue weighted by Gasteiger charge is 2.29. The van der Waals surface area contributed by atoms with Crippen LogP contribution in [-0.2, 0) is 22.6 Å². The maximum atomic E-state index is 13.5. The Balaban J connectivity index is 1.81. The molecule has 0 aliphatic rings. The molecule has 0 fully saturated rings. The lowest BCUT2D eigenvalue weighted by Crippen LogP contribution is -2.50. The number of amides is 2. The molecular formula is C29H34N2O2S. The summed E-state index contributed by atoms with van der Waals surface area (Å²) < 4.78 is 0. The molecule has 5 heteroatoms. The van der Waals surface area contributed by atoms with E-state index in [4.69, 9.17) is 0 Å². The molecule has 1 N–H and O–H groups in total. The summed E-state index contributed by atoms with van der Waals surface area (Å²) in [6, 6.07) is 25.8. The number of rotatable bonds is 11. The molecule has 0 saturated carbocycles. The molecule has 0 heterocycles. The Hall–Kier alpha value is -3.05. The normalized spacial score (nSPS) is 11.6. The Bertz CT molecular complexity index is 1050. The van der Waals surface area contributed by atoms with Gasteiger partial charge in [-0.05, 0) is 44.0 Å². The van der Waals surface area contributed by atoms with Crippen LogP contribution in [0.4, 0.5) is 0 Å². The lowest BCUT2D eigenvalue weighted by atomic mass is 10.0. The number of likely N-dealkylation sites (N-methyl/N-ethyl adjacent to an activating group) is 1. The summed E-state index contributed by atoms with van der Waals surface area (Å²) in [5.74, 6) is 0.546. The van der Waals surface area contributed by atoms with Gasteiger partial charge in [0.1, 0.15) is 6.04 Å². The van der Waals surface area contributed by atoms with Crippen molar-refractivity contribution in [2.45, 2.75) is 51.1 Å². The Kier molecular flexibility index (Phi) is 9.77. The van der Waals surface area contributed by atoms with E-state index in [-0.39, 0.29) is 11.8 Å². The number of nitrogens with one attached hydrogen (secondary N) is 1. The monoisotopic (exact) mass is 474 g/mol. The number of thioether (sulfide) groups is 1. The summed E-state index contributed by atoms with van der Waals surface area (Å²) in [7, 11) is 0. The molecule has 3 rings (SSSR count). The van der Waals surface area contributed by atoms with E-state index in [9.17, 15) is 9.59 Å². The highest BCUT2D eigenvalue weighted by atomic mass is 32.2. The van der Waals surface area contributed by atoms with Crippen molar-refractivity contribution in [2.24, 2.45) is 0 Å². The first-order valence-corrected chi connectivity index (χ1v) is 12.8. The highest BCUT2D eigenvalue weighted by molar-refractivity contribution is 7.99. The standard InChI is InChI=1S/C29H34N2O2S/c1-4-30-29(33)27(20-24-8-6-5-7-9-24)31(21-25-14-10-22(2)11-15-25)28(32)18-19-34-26-16-12-23(3)13-17-26/h5-17,27H,4,18-21H2,1-3H3,(H,30,33)/t27-/m0/s1. The zero-order chi connectivity index (χ0) is 24.3. The van der Waals surface area contributed by atoms with Gasteiger partial charge in [0.15, 0.2) is 0 Å². The van der Waals surface area contributed by atoms with Crippen molar-refractivity contribution >= 4 is 23.6 Å². The highest BCUT2D eigenvalue weighted by Crippen LogP contribution is 2.21. The van der Waals surface area contributed by atoms with Gasteiger partial charge in [-0.3, -0.25) is 9.59 Å². The second kappa shape index (κ2) is 13.0. The van der Waals surface area contributed by atoms with Gasteiger partial charge in [-0.2, -0.15) is 0 Å². The van der Waals surface area contributed by atoms with Gasteiger partial charge in [0, 0.05) is 36.6 Å². The van der Waals surface area contributed by atoms with E-state index in [0.717, 1.165) is 16.0 Å². The zero-order valence-electron chi connectivity index (χ0n) is 20.3. The molecule has 0 aromatic heterocycles. The van der Waals surface area contributed by atoms with Crippen LogP contribution in [0.3, 0.4) is 0 Å². The second-order valence-corrected chi connectivity index (χ2v) is 9.69. The van der Waals surface area contributed by atoms with E-state index >= 15 is 0 Å². The molecule has 0 radical (unpaired) electrons. The van der Waals surface area contributed by atoms with Crippen LogP contribution in [-0.4, -0.2) is 35.1 Å². The van der Waals surface area contributed by atoms with Crippen molar-refractivity contribution < 1.29 is 9.59 Å². The fourth-order valence-electron chi connectivity index (χ4n) is 3.77. The molecule has 0 bridgehead atoms. The Morgan fingerprint density at radius 2 is 1.47 bits per heavy atom. The lowest BCUT2D eigenvalue weighted by Gasteiger charge is -2.31. The molecule has 0 saturated heterocycles. The summed E-state index contributed by atoms with van der Waals surface area (Å²) in [5.41, 5.74) is 4.44. The smallest absolute Gasteiger partial charge is 0.243 e. The van der Waals surface area contributed by atoms with Gasteiger partial charge < -0.3 is 10.2 Å². The Morgan fingerprint density at radius 3 is 2.09 bits per heavy atom. The van der Waals surface area contributed by atoms with Gasteiger partial charge in [0.25, 0.3) is 0 Å². The summed E-state index contributed by atoms with van der Waals surface area (Å²) in [6.07, 6.45) is 0.852. The summed E-state index contributed by atoms with van der Waals surface area (Å²) in [4.78, 5) is 29.6. The van der Waals surface area contributed by atoms with Crippen molar-refractivity contribution in [3.63, 3.8) is 0 Å². The summed E-state index contributed by atoms with van der Waals surface area (Å²) in [6.45, 7) is 6.95. The minimum atomic E-state index is -0.569. The Morgan fingerprint density at radius 1 is 0.853 bits per heavy atom. The quantitative estimate of drug-likeness (QED) is 0.370. The van der Waals surface area contributed by atoms with Crippen LogP contribution in [0.1, 0.15) is 35.6 Å². The average molecular weight is 475 g/mol. The minimum absolute atomic E-state index is 0.00706.